The van der Waals surface area contributed by atoms with Gasteiger partial charge in [-0.15, -0.1) is 0 Å². The van der Waals surface area contributed by atoms with Crippen LogP contribution in [0.3, 0.4) is 0 Å². The zero-order valence-electron chi connectivity index (χ0n) is 11.0. The molecule has 104 valence electrons. The first-order valence-electron chi connectivity index (χ1n) is 6.58. The molecule has 0 aliphatic carbocycles. The van der Waals surface area contributed by atoms with E-state index in [1.165, 1.54) is 12.4 Å². The number of amides is 1. The quantitative estimate of drug-likeness (QED) is 0.810. The van der Waals surface area contributed by atoms with E-state index in [1.807, 2.05) is 6.20 Å². The highest BCUT2D eigenvalue weighted by atomic mass is 16.1. The normalized spacial score (nSPS) is 18.1. The Kier molecular flexibility index (Phi) is 3.69. The minimum atomic E-state index is -0.187. The van der Waals surface area contributed by atoms with E-state index in [0.29, 0.717) is 18.2 Å². The Morgan fingerprint density at radius 3 is 3.20 bits per heavy atom. The molecule has 2 aromatic rings. The van der Waals surface area contributed by atoms with E-state index in [-0.39, 0.29) is 5.91 Å². The van der Waals surface area contributed by atoms with Crippen LogP contribution >= 0.6 is 0 Å². The molecule has 3 heterocycles. The molecule has 0 bridgehead atoms. The van der Waals surface area contributed by atoms with E-state index < -0.39 is 0 Å². The molecule has 2 N–H and O–H groups in total. The third-order valence-corrected chi connectivity index (χ3v) is 3.32. The van der Waals surface area contributed by atoms with Gasteiger partial charge in [0, 0.05) is 50.3 Å². The Hall–Kier alpha value is -2.28. The predicted molar refractivity (Wildman–Crippen MR) is 71.8 cm³/mol. The molecule has 3 rings (SSSR count). The maximum atomic E-state index is 11.9. The van der Waals surface area contributed by atoms with Crippen molar-refractivity contribution in [2.75, 3.05) is 13.1 Å². The zero-order valence-corrected chi connectivity index (χ0v) is 11.0. The molecule has 1 aliphatic heterocycles. The molecule has 7 nitrogen and oxygen atoms in total. The van der Waals surface area contributed by atoms with Crippen LogP contribution in [-0.4, -0.2) is 38.5 Å². The number of hydrogen-bond acceptors (Lipinski definition) is 5. The van der Waals surface area contributed by atoms with Crippen LogP contribution in [0.25, 0.3) is 0 Å². The molecule has 0 saturated carbocycles. The number of imidazole rings is 1. The fourth-order valence-electron chi connectivity index (χ4n) is 2.28. The Labute approximate surface area is 116 Å². The van der Waals surface area contributed by atoms with E-state index in [4.69, 9.17) is 0 Å². The molecule has 0 spiro atoms. The van der Waals surface area contributed by atoms with Crippen LogP contribution in [-0.2, 0) is 13.1 Å². The molecule has 7 heteroatoms. The lowest BCUT2D eigenvalue weighted by molar-refractivity contribution is 0.0940. The first-order valence-corrected chi connectivity index (χ1v) is 6.58. The Morgan fingerprint density at radius 1 is 1.40 bits per heavy atom. The largest absolute Gasteiger partial charge is 0.350 e. The van der Waals surface area contributed by atoms with E-state index in [0.717, 1.165) is 25.5 Å². The molecule has 20 heavy (non-hydrogen) atoms. The highest BCUT2D eigenvalue weighted by Gasteiger charge is 2.17. The summed E-state index contributed by atoms with van der Waals surface area (Å²) >= 11 is 0. The van der Waals surface area contributed by atoms with E-state index >= 15 is 0 Å². The molecule has 1 amide bonds. The maximum absolute atomic E-state index is 11.9. The van der Waals surface area contributed by atoms with Crippen molar-refractivity contribution in [3.05, 3.63) is 42.5 Å². The van der Waals surface area contributed by atoms with Gasteiger partial charge in [0.1, 0.15) is 11.5 Å². The molecule has 0 aromatic carbocycles. The molecule has 1 aliphatic rings. The third-order valence-electron chi connectivity index (χ3n) is 3.32. The van der Waals surface area contributed by atoms with Gasteiger partial charge in [-0.25, -0.2) is 9.97 Å². The number of aromatic nitrogens is 4. The SMILES string of the molecule is O=C(NC[C@H]1CNCc2nccn2C1)c1cnccn1. The summed E-state index contributed by atoms with van der Waals surface area (Å²) in [5, 5.41) is 6.24. The minimum Gasteiger partial charge on any atom is -0.350 e. The molecule has 1 atom stereocenters. The van der Waals surface area contributed by atoms with Crippen molar-refractivity contribution in [3.63, 3.8) is 0 Å². The summed E-state index contributed by atoms with van der Waals surface area (Å²) < 4.78 is 2.12. The fraction of sp³-hybridized carbons (Fsp3) is 0.385. The van der Waals surface area contributed by atoms with Crippen molar-refractivity contribution in [2.45, 2.75) is 13.1 Å². The average Bonchev–Trinajstić information content (AvgIpc) is 2.83. The second-order valence-corrected chi connectivity index (χ2v) is 4.79. The average molecular weight is 272 g/mol. The van der Waals surface area contributed by atoms with Crippen LogP contribution < -0.4 is 10.6 Å². The zero-order chi connectivity index (χ0) is 13.8. The maximum Gasteiger partial charge on any atom is 0.271 e. The standard InChI is InChI=1S/C13H16N6O/c20-13(11-7-14-1-2-16-11)18-6-10-5-15-8-12-17-3-4-19(12)9-10/h1-4,7,10,15H,5-6,8-9H2,(H,18,20)/t10-/m1/s1. The van der Waals surface area contributed by atoms with Crippen LogP contribution in [0.1, 0.15) is 16.3 Å². The van der Waals surface area contributed by atoms with Gasteiger partial charge in [-0.1, -0.05) is 0 Å². The molecular formula is C13H16N6O. The molecule has 0 saturated heterocycles. The lowest BCUT2D eigenvalue weighted by atomic mass is 10.1. The van der Waals surface area contributed by atoms with Gasteiger partial charge in [0.25, 0.3) is 5.91 Å². The minimum absolute atomic E-state index is 0.187. The molecule has 2 aromatic heterocycles. The van der Waals surface area contributed by atoms with E-state index in [9.17, 15) is 4.79 Å². The second kappa shape index (κ2) is 5.79. The summed E-state index contributed by atoms with van der Waals surface area (Å²) in [6, 6.07) is 0. The smallest absolute Gasteiger partial charge is 0.271 e. The number of nitrogens with zero attached hydrogens (tertiary/aromatic N) is 4. The Morgan fingerprint density at radius 2 is 2.35 bits per heavy atom. The van der Waals surface area contributed by atoms with Crippen molar-refractivity contribution < 1.29 is 4.79 Å². The van der Waals surface area contributed by atoms with E-state index in [2.05, 4.69) is 30.2 Å². The fourth-order valence-corrected chi connectivity index (χ4v) is 2.28. The monoisotopic (exact) mass is 272 g/mol. The van der Waals surface area contributed by atoms with Crippen LogP contribution in [0.4, 0.5) is 0 Å². The second-order valence-electron chi connectivity index (χ2n) is 4.79. The summed E-state index contributed by atoms with van der Waals surface area (Å²) in [5.41, 5.74) is 0.345. The molecule has 0 radical (unpaired) electrons. The highest BCUT2D eigenvalue weighted by molar-refractivity contribution is 5.91. The molecule has 0 unspecified atom stereocenters. The van der Waals surface area contributed by atoms with Gasteiger partial charge in [0.2, 0.25) is 0 Å². The molecular weight excluding hydrogens is 256 g/mol. The summed E-state index contributed by atoms with van der Waals surface area (Å²) in [5.74, 6) is 1.17. The topological polar surface area (TPSA) is 84.7 Å². The summed E-state index contributed by atoms with van der Waals surface area (Å²) in [6.45, 7) is 3.06. The van der Waals surface area contributed by atoms with Gasteiger partial charge in [-0.05, 0) is 0 Å². The van der Waals surface area contributed by atoms with Crippen LogP contribution in [0.15, 0.2) is 31.0 Å². The number of fused-ring (bicyclic) bond motifs is 1. The van der Waals surface area contributed by atoms with Crippen molar-refractivity contribution >= 4 is 5.91 Å². The van der Waals surface area contributed by atoms with Crippen molar-refractivity contribution in [1.29, 1.82) is 0 Å². The first kappa shape index (κ1) is 12.7. The lowest BCUT2D eigenvalue weighted by Gasteiger charge is -2.15. The van der Waals surface area contributed by atoms with Gasteiger partial charge in [0.15, 0.2) is 0 Å². The summed E-state index contributed by atoms with van der Waals surface area (Å²) in [7, 11) is 0. The van der Waals surface area contributed by atoms with Gasteiger partial charge >= 0.3 is 0 Å². The van der Waals surface area contributed by atoms with Crippen molar-refractivity contribution in [3.8, 4) is 0 Å². The predicted octanol–water partition coefficient (Wildman–Crippen LogP) is -0.177. The summed E-state index contributed by atoms with van der Waals surface area (Å²) in [6.07, 6.45) is 8.30. The van der Waals surface area contributed by atoms with Gasteiger partial charge in [0.05, 0.1) is 12.7 Å². The highest BCUT2D eigenvalue weighted by Crippen LogP contribution is 2.08. The summed E-state index contributed by atoms with van der Waals surface area (Å²) in [4.78, 5) is 24.1. The number of hydrogen-bond donors (Lipinski definition) is 2. The number of rotatable bonds is 3. The van der Waals surface area contributed by atoms with Gasteiger partial charge < -0.3 is 15.2 Å². The number of carbonyl (C=O) groups is 1. The Balaban J connectivity index is 1.58. The van der Waals surface area contributed by atoms with Crippen LogP contribution in [0.5, 0.6) is 0 Å². The Bertz CT molecular complexity index is 582. The van der Waals surface area contributed by atoms with Crippen molar-refractivity contribution in [2.24, 2.45) is 5.92 Å². The molecule has 0 fully saturated rings. The lowest BCUT2D eigenvalue weighted by Crippen LogP contribution is -2.35. The third kappa shape index (κ3) is 2.83. The number of carbonyl (C=O) groups excluding carboxylic acids is 1. The first-order chi connectivity index (χ1) is 9.83. The van der Waals surface area contributed by atoms with E-state index in [1.54, 1.807) is 12.4 Å². The van der Waals surface area contributed by atoms with Gasteiger partial charge in [-0.3, -0.25) is 9.78 Å². The van der Waals surface area contributed by atoms with Crippen LogP contribution in [0, 0.1) is 5.92 Å². The number of nitrogens with one attached hydrogen (secondary N) is 2. The van der Waals surface area contributed by atoms with Crippen molar-refractivity contribution in [1.82, 2.24) is 30.2 Å². The van der Waals surface area contributed by atoms with Crippen LogP contribution in [0.2, 0.25) is 0 Å². The van der Waals surface area contributed by atoms with Gasteiger partial charge in [-0.2, -0.15) is 0 Å².